The molecule has 0 heterocycles. The van der Waals surface area contributed by atoms with Crippen LogP contribution in [0.15, 0.2) is 72.8 Å². The molecule has 0 aromatic heterocycles. The van der Waals surface area contributed by atoms with Crippen LogP contribution in [-0.4, -0.2) is 16.8 Å². The summed E-state index contributed by atoms with van der Waals surface area (Å²) in [6.07, 6.45) is 3.97. The maximum Gasteiger partial charge on any atom is 0.325 e. The van der Waals surface area contributed by atoms with Crippen molar-refractivity contribution in [2.75, 3.05) is 0 Å². The van der Waals surface area contributed by atoms with Crippen molar-refractivity contribution in [3.63, 3.8) is 0 Å². The van der Waals surface area contributed by atoms with Crippen LogP contribution in [0.4, 0.5) is 4.79 Å². The average molecular weight is 350 g/mol. The van der Waals surface area contributed by atoms with E-state index in [0.29, 0.717) is 0 Å². The van der Waals surface area contributed by atoms with E-state index in [4.69, 9.17) is 0 Å². The van der Waals surface area contributed by atoms with Crippen LogP contribution in [0, 0.1) is 0 Å². The van der Waals surface area contributed by atoms with Gasteiger partial charge in [-0.15, -0.1) is 0 Å². The molecule has 0 spiro atoms. The molecule has 0 bridgehead atoms. The lowest BCUT2D eigenvalue weighted by Crippen LogP contribution is -2.45. The zero-order chi connectivity index (χ0) is 18.9. The molecular formula is C22H26N2O2. The van der Waals surface area contributed by atoms with Gasteiger partial charge in [-0.2, -0.15) is 0 Å². The van der Waals surface area contributed by atoms with Crippen LogP contribution in [0.3, 0.4) is 0 Å². The topological polar surface area (TPSA) is 49.4 Å². The highest BCUT2D eigenvalue weighted by Gasteiger charge is 2.27. The molecule has 0 saturated carbocycles. The number of allylic oxidation sites excluding steroid dienone is 1. The summed E-state index contributed by atoms with van der Waals surface area (Å²) in [4.78, 5) is 26.8. The van der Waals surface area contributed by atoms with Crippen LogP contribution in [0.25, 0.3) is 0 Å². The van der Waals surface area contributed by atoms with E-state index >= 15 is 0 Å². The van der Waals surface area contributed by atoms with Gasteiger partial charge in [0.2, 0.25) is 0 Å². The second kappa shape index (κ2) is 9.56. The second-order valence-corrected chi connectivity index (χ2v) is 6.19. The molecule has 4 nitrogen and oxygen atoms in total. The van der Waals surface area contributed by atoms with Gasteiger partial charge in [0.1, 0.15) is 0 Å². The van der Waals surface area contributed by atoms with Gasteiger partial charge in [0.15, 0.2) is 0 Å². The number of nitrogens with zero attached hydrogens (tertiary/aromatic N) is 1. The summed E-state index contributed by atoms with van der Waals surface area (Å²) in [5, 5.41) is 2.94. The Labute approximate surface area is 155 Å². The molecule has 0 radical (unpaired) electrons. The van der Waals surface area contributed by atoms with Crippen molar-refractivity contribution in [1.82, 2.24) is 10.2 Å². The number of urea groups is 1. The molecule has 136 valence electrons. The third-order valence-electron chi connectivity index (χ3n) is 4.26. The Bertz CT molecular complexity index is 741. The standard InChI is InChI=1S/C22H26N2O2/c1-4-5-16-21(25)24(18(3)20-14-10-7-11-15-20)22(26)23-17(2)19-12-8-6-9-13-19/h5-18H,4H2,1-3H3,(H,23,26)/b16-5+/t17-,18-/m0/s1. The first-order valence-corrected chi connectivity index (χ1v) is 8.94. The Morgan fingerprint density at radius 1 is 0.962 bits per heavy atom. The molecule has 3 amide bonds. The van der Waals surface area contributed by atoms with Gasteiger partial charge in [-0.3, -0.25) is 9.69 Å². The van der Waals surface area contributed by atoms with E-state index in [1.807, 2.05) is 81.4 Å². The van der Waals surface area contributed by atoms with Crippen LogP contribution in [0.1, 0.15) is 50.4 Å². The molecule has 0 fully saturated rings. The van der Waals surface area contributed by atoms with Gasteiger partial charge < -0.3 is 5.32 Å². The average Bonchev–Trinajstić information content (AvgIpc) is 2.67. The summed E-state index contributed by atoms with van der Waals surface area (Å²) in [7, 11) is 0. The van der Waals surface area contributed by atoms with Crippen LogP contribution >= 0.6 is 0 Å². The van der Waals surface area contributed by atoms with Crippen molar-refractivity contribution >= 4 is 11.9 Å². The third kappa shape index (κ3) is 5.06. The van der Waals surface area contributed by atoms with Crippen molar-refractivity contribution in [1.29, 1.82) is 0 Å². The van der Waals surface area contributed by atoms with E-state index < -0.39 is 6.03 Å². The minimum absolute atomic E-state index is 0.197. The lowest BCUT2D eigenvalue weighted by molar-refractivity contribution is -0.124. The molecule has 1 N–H and O–H groups in total. The first kappa shape index (κ1) is 19.4. The van der Waals surface area contributed by atoms with Gasteiger partial charge in [0.05, 0.1) is 12.1 Å². The number of carbonyl (C=O) groups excluding carboxylic acids is 2. The van der Waals surface area contributed by atoms with E-state index in [1.54, 1.807) is 6.08 Å². The minimum Gasteiger partial charge on any atom is -0.331 e. The molecule has 2 atom stereocenters. The minimum atomic E-state index is -0.400. The normalized spacial score (nSPS) is 13.2. The van der Waals surface area contributed by atoms with Crippen LogP contribution in [-0.2, 0) is 4.79 Å². The Morgan fingerprint density at radius 3 is 2.04 bits per heavy atom. The smallest absolute Gasteiger partial charge is 0.325 e. The molecule has 26 heavy (non-hydrogen) atoms. The monoisotopic (exact) mass is 350 g/mol. The fourth-order valence-corrected chi connectivity index (χ4v) is 2.73. The molecule has 0 aliphatic heterocycles. The van der Waals surface area contributed by atoms with Gasteiger partial charge in [0, 0.05) is 0 Å². The maximum atomic E-state index is 12.9. The van der Waals surface area contributed by atoms with Crippen molar-refractivity contribution in [2.45, 2.75) is 39.3 Å². The number of amides is 3. The quantitative estimate of drug-likeness (QED) is 0.744. The number of rotatable bonds is 6. The summed E-state index contributed by atoms with van der Waals surface area (Å²) < 4.78 is 0. The Balaban J connectivity index is 2.23. The Morgan fingerprint density at radius 2 is 1.50 bits per heavy atom. The molecule has 0 saturated heterocycles. The fraction of sp³-hybridized carbons (Fsp3) is 0.273. The van der Waals surface area contributed by atoms with Crippen LogP contribution in [0.5, 0.6) is 0 Å². The summed E-state index contributed by atoms with van der Waals surface area (Å²) in [5.74, 6) is -0.319. The lowest BCUT2D eigenvalue weighted by atomic mass is 10.1. The van der Waals surface area contributed by atoms with Crippen LogP contribution < -0.4 is 5.32 Å². The van der Waals surface area contributed by atoms with E-state index in [0.717, 1.165) is 17.5 Å². The highest BCUT2D eigenvalue weighted by atomic mass is 16.2. The van der Waals surface area contributed by atoms with Crippen LogP contribution in [0.2, 0.25) is 0 Å². The predicted molar refractivity (Wildman–Crippen MR) is 105 cm³/mol. The molecular weight excluding hydrogens is 324 g/mol. The number of benzene rings is 2. The molecule has 4 heteroatoms. The third-order valence-corrected chi connectivity index (χ3v) is 4.26. The summed E-state index contributed by atoms with van der Waals surface area (Å²) in [6.45, 7) is 5.72. The van der Waals surface area contributed by atoms with Crippen molar-refractivity contribution < 1.29 is 9.59 Å². The fourth-order valence-electron chi connectivity index (χ4n) is 2.73. The largest absolute Gasteiger partial charge is 0.331 e. The molecule has 0 aliphatic rings. The first-order chi connectivity index (χ1) is 12.5. The van der Waals surface area contributed by atoms with E-state index in [1.165, 1.54) is 11.0 Å². The van der Waals surface area contributed by atoms with E-state index in [9.17, 15) is 9.59 Å². The SMILES string of the molecule is CC/C=C/C(=O)N(C(=O)N[C@@H](C)c1ccccc1)[C@@H](C)c1ccccc1. The second-order valence-electron chi connectivity index (χ2n) is 6.19. The molecule has 0 aliphatic carbocycles. The van der Waals surface area contributed by atoms with E-state index in [-0.39, 0.29) is 18.0 Å². The predicted octanol–water partition coefficient (Wildman–Crippen LogP) is 5.01. The Kier molecular flexibility index (Phi) is 7.15. The number of hydrogen-bond donors (Lipinski definition) is 1. The Hall–Kier alpha value is -2.88. The van der Waals surface area contributed by atoms with E-state index in [2.05, 4.69) is 5.32 Å². The maximum absolute atomic E-state index is 12.9. The summed E-state index contributed by atoms with van der Waals surface area (Å²) in [6, 6.07) is 18.3. The number of carbonyl (C=O) groups is 2. The summed E-state index contributed by atoms with van der Waals surface area (Å²) in [5.41, 5.74) is 1.90. The summed E-state index contributed by atoms with van der Waals surface area (Å²) >= 11 is 0. The molecule has 2 rings (SSSR count). The zero-order valence-corrected chi connectivity index (χ0v) is 15.6. The van der Waals surface area contributed by atoms with Gasteiger partial charge in [-0.05, 0) is 37.5 Å². The molecule has 2 aromatic rings. The number of nitrogens with one attached hydrogen (secondary N) is 1. The van der Waals surface area contributed by atoms with Gasteiger partial charge >= 0.3 is 6.03 Å². The zero-order valence-electron chi connectivity index (χ0n) is 15.6. The number of imide groups is 1. The first-order valence-electron chi connectivity index (χ1n) is 8.94. The highest BCUT2D eigenvalue weighted by Crippen LogP contribution is 2.22. The van der Waals surface area contributed by atoms with Crippen molar-refractivity contribution in [3.05, 3.63) is 83.9 Å². The van der Waals surface area contributed by atoms with Gasteiger partial charge in [0.25, 0.3) is 5.91 Å². The van der Waals surface area contributed by atoms with Gasteiger partial charge in [-0.25, -0.2) is 4.79 Å². The lowest BCUT2D eigenvalue weighted by Gasteiger charge is -2.28. The number of hydrogen-bond acceptors (Lipinski definition) is 2. The highest BCUT2D eigenvalue weighted by molar-refractivity contribution is 6.00. The van der Waals surface area contributed by atoms with Crippen molar-refractivity contribution in [3.8, 4) is 0 Å². The molecule has 0 unspecified atom stereocenters. The molecule has 2 aromatic carbocycles. The van der Waals surface area contributed by atoms with Crippen molar-refractivity contribution in [2.24, 2.45) is 0 Å². The van der Waals surface area contributed by atoms with Gasteiger partial charge in [-0.1, -0.05) is 73.7 Å².